The number of allylic oxidation sites excluding steroid dienone is 2. The van der Waals surface area contributed by atoms with Crippen molar-refractivity contribution in [3.8, 4) is 0 Å². The summed E-state index contributed by atoms with van der Waals surface area (Å²) in [6.45, 7) is 0. The van der Waals surface area contributed by atoms with Crippen molar-refractivity contribution in [2.45, 2.75) is 70.5 Å². The molecule has 2 saturated carbocycles. The molecule has 0 bridgehead atoms. The number of hydrogen-bond donors (Lipinski definition) is 0. The first-order chi connectivity index (χ1) is 7.92. The van der Waals surface area contributed by atoms with Gasteiger partial charge in [-0.05, 0) is 37.5 Å². The van der Waals surface area contributed by atoms with Gasteiger partial charge in [0.05, 0.1) is 7.85 Å². The minimum Gasteiger partial charge on any atom is -0.0934 e. The third-order valence-corrected chi connectivity index (χ3v) is 4.51. The summed E-state index contributed by atoms with van der Waals surface area (Å²) in [4.78, 5) is 0. The molecule has 88 valence electrons. The second-order valence-corrected chi connectivity index (χ2v) is 5.61. The minimum absolute atomic E-state index is 0.752. The van der Waals surface area contributed by atoms with E-state index in [1.807, 2.05) is 0 Å². The predicted octanol–water partition coefficient (Wildman–Crippen LogP) is 4.66. The fourth-order valence-electron chi connectivity index (χ4n) is 3.67. The van der Waals surface area contributed by atoms with Gasteiger partial charge in [0.2, 0.25) is 0 Å². The molecule has 0 aromatic rings. The molecule has 2 fully saturated rings. The summed E-state index contributed by atoms with van der Waals surface area (Å²) in [5.74, 6) is 1.78. The van der Waals surface area contributed by atoms with Crippen LogP contribution in [0.1, 0.15) is 64.2 Å². The highest BCUT2D eigenvalue weighted by molar-refractivity contribution is 6.09. The zero-order valence-corrected chi connectivity index (χ0v) is 10.6. The van der Waals surface area contributed by atoms with Gasteiger partial charge in [0.1, 0.15) is 0 Å². The van der Waals surface area contributed by atoms with Gasteiger partial charge in [-0.1, -0.05) is 56.5 Å². The largest absolute Gasteiger partial charge is 0.0934 e. The van der Waals surface area contributed by atoms with Crippen molar-refractivity contribution in [2.75, 3.05) is 0 Å². The van der Waals surface area contributed by atoms with Crippen LogP contribution >= 0.6 is 0 Å². The fraction of sp³-hybridized carbons (Fsp3) is 0.867. The fourth-order valence-corrected chi connectivity index (χ4v) is 3.67. The van der Waals surface area contributed by atoms with Crippen molar-refractivity contribution in [3.63, 3.8) is 0 Å². The predicted molar refractivity (Wildman–Crippen MR) is 71.8 cm³/mol. The molecule has 0 aromatic carbocycles. The quantitative estimate of drug-likeness (QED) is 0.475. The van der Waals surface area contributed by atoms with E-state index in [0.29, 0.717) is 0 Å². The average Bonchev–Trinajstić information content (AvgIpc) is 2.38. The normalized spacial score (nSPS) is 24.2. The topological polar surface area (TPSA) is 0 Å². The summed E-state index contributed by atoms with van der Waals surface area (Å²) in [6.07, 6.45) is 17.5. The van der Waals surface area contributed by atoms with Crippen LogP contribution in [0, 0.1) is 11.8 Å². The van der Waals surface area contributed by atoms with Crippen LogP contribution in [0.3, 0.4) is 0 Å². The molecular formula is C15H25B. The lowest BCUT2D eigenvalue weighted by Gasteiger charge is -2.32. The Morgan fingerprint density at radius 3 is 1.62 bits per heavy atom. The molecule has 0 unspecified atom stereocenters. The Balaban J connectivity index is 2.00. The summed E-state index contributed by atoms with van der Waals surface area (Å²) in [5.41, 5.74) is 1.75. The van der Waals surface area contributed by atoms with Crippen LogP contribution in [0.5, 0.6) is 0 Å². The van der Waals surface area contributed by atoms with Crippen molar-refractivity contribution < 1.29 is 0 Å². The third-order valence-electron chi connectivity index (χ3n) is 4.51. The van der Waals surface area contributed by atoms with E-state index >= 15 is 0 Å². The zero-order chi connectivity index (χ0) is 11.2. The van der Waals surface area contributed by atoms with Crippen LogP contribution in [0.2, 0.25) is 6.32 Å². The summed E-state index contributed by atoms with van der Waals surface area (Å²) in [6, 6.07) is 0. The minimum atomic E-state index is 0.752. The van der Waals surface area contributed by atoms with Crippen molar-refractivity contribution in [1.29, 1.82) is 0 Å². The summed E-state index contributed by atoms with van der Waals surface area (Å²) < 4.78 is 0. The second-order valence-electron chi connectivity index (χ2n) is 5.61. The van der Waals surface area contributed by atoms with E-state index in [1.54, 1.807) is 5.57 Å². The standard InChI is InChI=1S/C15H25B/c16-12-11-15(13-7-3-1-4-8-13)14-9-5-2-6-10-14/h11,13-14H,1-10,12H2. The lowest BCUT2D eigenvalue weighted by Crippen LogP contribution is -2.18. The van der Waals surface area contributed by atoms with E-state index in [1.165, 1.54) is 64.2 Å². The van der Waals surface area contributed by atoms with Gasteiger partial charge in [0, 0.05) is 0 Å². The Kier molecular flexibility index (Phi) is 5.00. The van der Waals surface area contributed by atoms with E-state index in [9.17, 15) is 0 Å². The molecule has 1 heteroatoms. The van der Waals surface area contributed by atoms with Gasteiger partial charge in [-0.25, -0.2) is 0 Å². The first-order valence-electron chi connectivity index (χ1n) is 7.32. The molecular weight excluding hydrogens is 191 g/mol. The smallest absolute Gasteiger partial charge is 0.0708 e. The number of hydrogen-bond acceptors (Lipinski definition) is 0. The van der Waals surface area contributed by atoms with Gasteiger partial charge < -0.3 is 0 Å². The average molecular weight is 216 g/mol. The first-order valence-corrected chi connectivity index (χ1v) is 7.32. The van der Waals surface area contributed by atoms with Gasteiger partial charge in [-0.2, -0.15) is 0 Å². The molecule has 0 heterocycles. The highest BCUT2D eigenvalue weighted by Crippen LogP contribution is 2.39. The molecule has 0 aromatic heterocycles. The van der Waals surface area contributed by atoms with E-state index in [-0.39, 0.29) is 0 Å². The van der Waals surface area contributed by atoms with E-state index in [4.69, 9.17) is 7.85 Å². The van der Waals surface area contributed by atoms with E-state index < -0.39 is 0 Å². The molecule has 0 amide bonds. The van der Waals surface area contributed by atoms with Crippen molar-refractivity contribution in [1.82, 2.24) is 0 Å². The van der Waals surface area contributed by atoms with Crippen LogP contribution in [-0.2, 0) is 0 Å². The second kappa shape index (κ2) is 6.52. The Labute approximate surface area is 102 Å². The van der Waals surface area contributed by atoms with Crippen LogP contribution in [-0.4, -0.2) is 7.85 Å². The van der Waals surface area contributed by atoms with Crippen LogP contribution < -0.4 is 0 Å². The SMILES string of the molecule is [B]CC=C(C1CCCCC1)C1CCCCC1. The molecule has 0 N–H and O–H groups in total. The molecule has 0 nitrogen and oxygen atoms in total. The van der Waals surface area contributed by atoms with Crippen LogP contribution in [0.4, 0.5) is 0 Å². The van der Waals surface area contributed by atoms with Crippen LogP contribution in [0.15, 0.2) is 11.6 Å². The Hall–Kier alpha value is -0.195. The molecule has 0 atom stereocenters. The Bertz CT molecular complexity index is 200. The van der Waals surface area contributed by atoms with Gasteiger partial charge in [0.25, 0.3) is 0 Å². The lowest BCUT2D eigenvalue weighted by molar-refractivity contribution is 0.325. The summed E-state index contributed by atoms with van der Waals surface area (Å²) in [7, 11) is 5.77. The van der Waals surface area contributed by atoms with Gasteiger partial charge in [0.15, 0.2) is 0 Å². The maximum atomic E-state index is 5.77. The molecule has 0 saturated heterocycles. The van der Waals surface area contributed by atoms with E-state index in [0.717, 1.165) is 18.2 Å². The van der Waals surface area contributed by atoms with E-state index in [2.05, 4.69) is 6.08 Å². The molecule has 16 heavy (non-hydrogen) atoms. The van der Waals surface area contributed by atoms with Gasteiger partial charge in [-0.15, -0.1) is 0 Å². The molecule has 2 aliphatic carbocycles. The van der Waals surface area contributed by atoms with Gasteiger partial charge >= 0.3 is 0 Å². The Morgan fingerprint density at radius 2 is 1.25 bits per heavy atom. The summed E-state index contributed by atoms with van der Waals surface area (Å²) >= 11 is 0. The Morgan fingerprint density at radius 1 is 0.812 bits per heavy atom. The molecule has 2 radical (unpaired) electrons. The lowest BCUT2D eigenvalue weighted by atomic mass is 9.73. The van der Waals surface area contributed by atoms with Crippen molar-refractivity contribution >= 4 is 7.85 Å². The van der Waals surface area contributed by atoms with Crippen LogP contribution in [0.25, 0.3) is 0 Å². The van der Waals surface area contributed by atoms with Crippen molar-refractivity contribution in [2.24, 2.45) is 11.8 Å². The monoisotopic (exact) mass is 216 g/mol. The molecule has 0 spiro atoms. The highest BCUT2D eigenvalue weighted by atomic mass is 14.3. The van der Waals surface area contributed by atoms with Gasteiger partial charge in [-0.3, -0.25) is 0 Å². The maximum Gasteiger partial charge on any atom is 0.0708 e. The zero-order valence-electron chi connectivity index (χ0n) is 10.6. The number of rotatable bonds is 3. The molecule has 2 aliphatic rings. The maximum absolute atomic E-state index is 5.77. The third kappa shape index (κ3) is 3.15. The first kappa shape index (κ1) is 12.3. The van der Waals surface area contributed by atoms with Crippen molar-refractivity contribution in [3.05, 3.63) is 11.6 Å². The highest BCUT2D eigenvalue weighted by Gasteiger charge is 2.25. The summed E-state index contributed by atoms with van der Waals surface area (Å²) in [5, 5.41) is 0. The molecule has 0 aliphatic heterocycles. The molecule has 2 rings (SSSR count).